The van der Waals surface area contributed by atoms with Gasteiger partial charge >= 0.3 is 0 Å². The summed E-state index contributed by atoms with van der Waals surface area (Å²) in [6.07, 6.45) is 1.38. The van der Waals surface area contributed by atoms with E-state index in [1.807, 2.05) is 30.3 Å². The number of carbonyl (C=O) groups excluding carboxylic acids is 2. The molecule has 3 aromatic rings. The van der Waals surface area contributed by atoms with Crippen molar-refractivity contribution < 1.29 is 14.0 Å². The Morgan fingerprint density at radius 3 is 2.35 bits per heavy atom. The fourth-order valence-electron chi connectivity index (χ4n) is 4.13. The summed E-state index contributed by atoms with van der Waals surface area (Å²) in [6.45, 7) is 1.52. The number of hydrogen-bond donors (Lipinski definition) is 2. The first-order valence-electron chi connectivity index (χ1n) is 10.1. The molecule has 0 aliphatic heterocycles. The number of likely N-dealkylation sites (N-methyl/N-ethyl adjacent to an activating group) is 1. The number of nitrogen functional groups attached to an aromatic ring is 1. The van der Waals surface area contributed by atoms with Gasteiger partial charge in [0.2, 0.25) is 0 Å². The lowest BCUT2D eigenvalue weighted by molar-refractivity contribution is -0.115. The standard InChI is InChI=1S/C26H23FN2O2/c1-15(30)17-4-3-5-18(12-17)22-14-23-19(13-24(22)28)8-11-21(25(23)26(31)29-2)16-6-9-20(27)10-7-16/h3-7,9-10,12-14H,8,11,28H2,1-2H3,(H,29,31). The maximum atomic E-state index is 13.5. The van der Waals surface area contributed by atoms with Crippen molar-refractivity contribution in [2.45, 2.75) is 19.8 Å². The number of hydrogen-bond acceptors (Lipinski definition) is 3. The van der Waals surface area contributed by atoms with Gasteiger partial charge in [-0.2, -0.15) is 0 Å². The van der Waals surface area contributed by atoms with Crippen molar-refractivity contribution in [3.8, 4) is 11.1 Å². The molecule has 31 heavy (non-hydrogen) atoms. The number of amides is 1. The van der Waals surface area contributed by atoms with Crippen LogP contribution >= 0.6 is 0 Å². The number of nitrogens with one attached hydrogen (secondary N) is 1. The van der Waals surface area contributed by atoms with E-state index in [2.05, 4.69) is 5.32 Å². The lowest BCUT2D eigenvalue weighted by Crippen LogP contribution is -2.23. The van der Waals surface area contributed by atoms with Gasteiger partial charge in [0.1, 0.15) is 5.82 Å². The van der Waals surface area contributed by atoms with Gasteiger partial charge in [-0.05, 0) is 77.9 Å². The number of allylic oxidation sites excluding steroid dienone is 1. The largest absolute Gasteiger partial charge is 0.398 e. The van der Waals surface area contributed by atoms with Crippen LogP contribution in [0.2, 0.25) is 0 Å². The number of nitrogens with two attached hydrogens (primary N) is 1. The Balaban J connectivity index is 1.93. The number of Topliss-reactive ketones (excluding diaryl/α,β-unsaturated/α-hetero) is 1. The van der Waals surface area contributed by atoms with E-state index >= 15 is 0 Å². The van der Waals surface area contributed by atoms with Crippen molar-refractivity contribution in [3.63, 3.8) is 0 Å². The second kappa shape index (κ2) is 8.19. The molecule has 156 valence electrons. The van der Waals surface area contributed by atoms with Crippen LogP contribution in [0.15, 0.2) is 60.7 Å². The molecule has 1 amide bonds. The minimum absolute atomic E-state index is 0.0251. The van der Waals surface area contributed by atoms with Gasteiger partial charge < -0.3 is 11.1 Å². The average molecular weight is 414 g/mol. The van der Waals surface area contributed by atoms with Crippen molar-refractivity contribution in [1.82, 2.24) is 5.32 Å². The van der Waals surface area contributed by atoms with Crippen molar-refractivity contribution >= 4 is 28.5 Å². The van der Waals surface area contributed by atoms with Gasteiger partial charge in [0, 0.05) is 23.9 Å². The van der Waals surface area contributed by atoms with Crippen molar-refractivity contribution in [1.29, 1.82) is 0 Å². The quantitative estimate of drug-likeness (QED) is 0.472. The Bertz CT molecular complexity index is 1230. The summed E-state index contributed by atoms with van der Waals surface area (Å²) < 4.78 is 13.5. The number of aryl methyl sites for hydroxylation is 1. The molecule has 4 rings (SSSR count). The molecule has 0 bridgehead atoms. The topological polar surface area (TPSA) is 72.2 Å². The zero-order valence-electron chi connectivity index (χ0n) is 17.5. The van der Waals surface area contributed by atoms with Gasteiger partial charge in [-0.25, -0.2) is 4.39 Å². The van der Waals surface area contributed by atoms with Crippen molar-refractivity contribution in [3.05, 3.63) is 88.7 Å². The molecule has 3 N–H and O–H groups in total. The molecule has 0 saturated heterocycles. The lowest BCUT2D eigenvalue weighted by atomic mass is 9.80. The molecule has 1 aliphatic carbocycles. The van der Waals surface area contributed by atoms with Crippen LogP contribution < -0.4 is 11.1 Å². The molecule has 0 aromatic heterocycles. The van der Waals surface area contributed by atoms with E-state index in [9.17, 15) is 14.0 Å². The van der Waals surface area contributed by atoms with E-state index in [1.54, 1.807) is 25.2 Å². The second-order valence-corrected chi connectivity index (χ2v) is 7.67. The van der Waals surface area contributed by atoms with E-state index in [-0.39, 0.29) is 17.5 Å². The molecule has 0 radical (unpaired) electrons. The van der Waals surface area contributed by atoms with Gasteiger partial charge in [0.25, 0.3) is 5.91 Å². The van der Waals surface area contributed by atoms with Crippen LogP contribution in [0, 0.1) is 5.82 Å². The van der Waals surface area contributed by atoms with Gasteiger partial charge in [0.05, 0.1) is 5.57 Å². The Kier molecular flexibility index (Phi) is 5.42. The van der Waals surface area contributed by atoms with Crippen LogP contribution in [0.5, 0.6) is 0 Å². The van der Waals surface area contributed by atoms with E-state index in [1.165, 1.54) is 19.1 Å². The van der Waals surface area contributed by atoms with Crippen LogP contribution in [-0.2, 0) is 11.2 Å². The summed E-state index contributed by atoms with van der Waals surface area (Å²) in [5.41, 5.74) is 13.2. The highest BCUT2D eigenvalue weighted by molar-refractivity contribution is 6.28. The SMILES string of the molecule is CNC(=O)C1=C(c2ccc(F)cc2)CCc2cc(N)c(-c3cccc(C(C)=O)c3)cc21. The van der Waals surface area contributed by atoms with Crippen LogP contribution in [0.25, 0.3) is 22.3 Å². The number of carbonyl (C=O) groups is 2. The third-order valence-corrected chi connectivity index (χ3v) is 5.72. The Morgan fingerprint density at radius 2 is 1.68 bits per heavy atom. The van der Waals surface area contributed by atoms with E-state index in [0.717, 1.165) is 39.8 Å². The molecule has 3 aromatic carbocycles. The number of fused-ring (bicyclic) bond motifs is 1. The zero-order chi connectivity index (χ0) is 22.1. The summed E-state index contributed by atoms with van der Waals surface area (Å²) in [7, 11) is 1.60. The third kappa shape index (κ3) is 3.87. The molecule has 0 fully saturated rings. The summed E-state index contributed by atoms with van der Waals surface area (Å²) in [4.78, 5) is 24.8. The molecule has 1 aliphatic rings. The minimum atomic E-state index is -0.317. The van der Waals surface area contributed by atoms with Crippen molar-refractivity contribution in [2.75, 3.05) is 12.8 Å². The number of rotatable bonds is 4. The highest BCUT2D eigenvalue weighted by Gasteiger charge is 2.26. The summed E-state index contributed by atoms with van der Waals surface area (Å²) in [5.74, 6) is -0.543. The zero-order valence-corrected chi connectivity index (χ0v) is 17.5. The van der Waals surface area contributed by atoms with Gasteiger partial charge in [0.15, 0.2) is 5.78 Å². The van der Waals surface area contributed by atoms with Crippen LogP contribution in [0.3, 0.4) is 0 Å². The summed E-state index contributed by atoms with van der Waals surface area (Å²) in [5, 5.41) is 2.74. The van der Waals surface area contributed by atoms with Crippen LogP contribution in [-0.4, -0.2) is 18.7 Å². The first-order chi connectivity index (χ1) is 14.9. The Labute approximate surface area is 180 Å². The lowest BCUT2D eigenvalue weighted by Gasteiger charge is -2.25. The predicted molar refractivity (Wildman–Crippen MR) is 122 cm³/mol. The predicted octanol–water partition coefficient (Wildman–Crippen LogP) is 4.88. The normalized spacial score (nSPS) is 13.0. The fourth-order valence-corrected chi connectivity index (χ4v) is 4.13. The van der Waals surface area contributed by atoms with Gasteiger partial charge in [-0.1, -0.05) is 30.3 Å². The highest BCUT2D eigenvalue weighted by atomic mass is 19.1. The molecule has 0 atom stereocenters. The van der Waals surface area contributed by atoms with Crippen LogP contribution in [0.1, 0.15) is 40.4 Å². The molecule has 0 spiro atoms. The van der Waals surface area contributed by atoms with Crippen molar-refractivity contribution in [2.24, 2.45) is 0 Å². The number of benzene rings is 3. The van der Waals surface area contributed by atoms with Gasteiger partial charge in [-0.15, -0.1) is 0 Å². The maximum absolute atomic E-state index is 13.5. The first kappa shape index (κ1) is 20.5. The first-order valence-corrected chi connectivity index (χ1v) is 10.1. The monoisotopic (exact) mass is 414 g/mol. The molecular weight excluding hydrogens is 391 g/mol. The summed E-state index contributed by atoms with van der Waals surface area (Å²) >= 11 is 0. The molecule has 0 saturated carbocycles. The number of ketones is 1. The van der Waals surface area contributed by atoms with Crippen LogP contribution in [0.4, 0.5) is 10.1 Å². The second-order valence-electron chi connectivity index (χ2n) is 7.67. The Morgan fingerprint density at radius 1 is 0.935 bits per heavy atom. The van der Waals surface area contributed by atoms with Gasteiger partial charge in [-0.3, -0.25) is 9.59 Å². The van der Waals surface area contributed by atoms with E-state index < -0.39 is 0 Å². The molecule has 4 nitrogen and oxygen atoms in total. The summed E-state index contributed by atoms with van der Waals surface area (Å²) in [6, 6.07) is 17.4. The molecule has 0 heterocycles. The molecule has 0 unspecified atom stereocenters. The minimum Gasteiger partial charge on any atom is -0.398 e. The maximum Gasteiger partial charge on any atom is 0.251 e. The molecular formula is C26H23FN2O2. The number of anilines is 1. The van der Waals surface area contributed by atoms with E-state index in [0.29, 0.717) is 23.2 Å². The molecule has 5 heteroatoms. The Hall–Kier alpha value is -3.73. The smallest absolute Gasteiger partial charge is 0.251 e. The third-order valence-electron chi connectivity index (χ3n) is 5.72. The average Bonchev–Trinajstić information content (AvgIpc) is 2.78. The van der Waals surface area contributed by atoms with E-state index in [4.69, 9.17) is 5.73 Å². The fraction of sp³-hybridized carbons (Fsp3) is 0.154. The number of halogens is 1. The highest BCUT2D eigenvalue weighted by Crippen LogP contribution is 2.41.